The smallest absolute Gasteiger partial charge is 0.234 e. The molecule has 0 aliphatic rings. The molecule has 0 spiro atoms. The van der Waals surface area contributed by atoms with Gasteiger partial charge in [-0.25, -0.2) is 0 Å². The predicted octanol–water partition coefficient (Wildman–Crippen LogP) is 8.19. The standard InChI is InChI=1S/C40H39N5O4/c1-29(46)39(36-20-13-27-41-36,26-25-30-21-22-34(47-2)35(28-30)48-3)49-38-24-23-37(42-44-38)43-45-40(31-14-7-4-8-15-31,32-16-9-5-10-17-32)33-18-11-6-12-19-33/h4-24,27-29,41,46H,25-26H2,1-3H3. The molecule has 6 aromatic rings. The van der Waals surface area contributed by atoms with E-state index in [1.54, 1.807) is 39.5 Å². The van der Waals surface area contributed by atoms with Gasteiger partial charge in [-0.2, -0.15) is 5.11 Å². The summed E-state index contributed by atoms with van der Waals surface area (Å²) in [7, 11) is 3.21. The number of aromatic nitrogens is 3. The molecule has 2 heterocycles. The Bertz CT molecular complexity index is 1840. The van der Waals surface area contributed by atoms with Gasteiger partial charge in [0.2, 0.25) is 5.88 Å². The molecule has 9 nitrogen and oxygen atoms in total. The van der Waals surface area contributed by atoms with Gasteiger partial charge in [-0.05, 0) is 72.4 Å². The molecule has 6 rings (SSSR count). The first-order valence-electron chi connectivity index (χ1n) is 16.1. The minimum atomic E-state index is -1.16. The van der Waals surface area contributed by atoms with Crippen LogP contribution in [0.1, 0.15) is 41.3 Å². The predicted molar refractivity (Wildman–Crippen MR) is 188 cm³/mol. The second-order valence-corrected chi connectivity index (χ2v) is 11.7. The average Bonchev–Trinajstić information content (AvgIpc) is 3.71. The Labute approximate surface area is 286 Å². The first-order valence-corrected chi connectivity index (χ1v) is 16.1. The van der Waals surface area contributed by atoms with Crippen LogP contribution >= 0.6 is 0 Å². The van der Waals surface area contributed by atoms with Gasteiger partial charge in [-0.1, -0.05) is 97.1 Å². The van der Waals surface area contributed by atoms with Crippen molar-refractivity contribution in [3.05, 3.63) is 168 Å². The van der Waals surface area contributed by atoms with Gasteiger partial charge < -0.3 is 24.3 Å². The van der Waals surface area contributed by atoms with Crippen LogP contribution in [0.3, 0.4) is 0 Å². The van der Waals surface area contributed by atoms with E-state index in [-0.39, 0.29) is 5.88 Å². The van der Waals surface area contributed by atoms with Crippen molar-refractivity contribution >= 4 is 5.82 Å². The number of hydrogen-bond acceptors (Lipinski definition) is 8. The largest absolute Gasteiger partial charge is 0.493 e. The highest BCUT2D eigenvalue weighted by atomic mass is 16.5. The van der Waals surface area contributed by atoms with E-state index in [1.807, 2.05) is 84.9 Å². The van der Waals surface area contributed by atoms with Crippen LogP contribution in [0.4, 0.5) is 5.82 Å². The number of benzene rings is 4. The minimum Gasteiger partial charge on any atom is -0.493 e. The molecule has 2 atom stereocenters. The molecule has 0 amide bonds. The van der Waals surface area contributed by atoms with Crippen LogP contribution in [0.25, 0.3) is 0 Å². The maximum atomic E-state index is 11.2. The highest BCUT2D eigenvalue weighted by Gasteiger charge is 2.41. The van der Waals surface area contributed by atoms with E-state index in [9.17, 15) is 5.11 Å². The number of azo groups is 1. The third-order valence-electron chi connectivity index (χ3n) is 8.75. The zero-order valence-corrected chi connectivity index (χ0v) is 27.7. The highest BCUT2D eigenvalue weighted by molar-refractivity contribution is 5.50. The van der Waals surface area contributed by atoms with Crippen molar-refractivity contribution in [2.45, 2.75) is 37.0 Å². The summed E-state index contributed by atoms with van der Waals surface area (Å²) in [5.74, 6) is 1.83. The van der Waals surface area contributed by atoms with Crippen LogP contribution in [0, 0.1) is 0 Å². The Hall–Kier alpha value is -5.80. The van der Waals surface area contributed by atoms with Crippen molar-refractivity contribution in [1.82, 2.24) is 15.2 Å². The summed E-state index contributed by atoms with van der Waals surface area (Å²) in [5.41, 5.74) is 2.52. The number of aliphatic hydroxyl groups excluding tert-OH is 1. The molecule has 0 aliphatic carbocycles. The van der Waals surface area contributed by atoms with Crippen LogP contribution < -0.4 is 14.2 Å². The monoisotopic (exact) mass is 653 g/mol. The minimum absolute atomic E-state index is 0.238. The fourth-order valence-corrected chi connectivity index (χ4v) is 6.16. The molecule has 0 saturated heterocycles. The zero-order valence-electron chi connectivity index (χ0n) is 27.7. The first-order chi connectivity index (χ1) is 24.0. The Balaban J connectivity index is 1.32. The molecule has 4 aromatic carbocycles. The lowest BCUT2D eigenvalue weighted by molar-refractivity contribution is -0.0619. The number of ether oxygens (including phenoxy) is 3. The fourth-order valence-electron chi connectivity index (χ4n) is 6.16. The maximum Gasteiger partial charge on any atom is 0.234 e. The quantitative estimate of drug-likeness (QED) is 0.0905. The molecule has 49 heavy (non-hydrogen) atoms. The van der Waals surface area contributed by atoms with Crippen molar-refractivity contribution < 1.29 is 19.3 Å². The van der Waals surface area contributed by atoms with Crippen molar-refractivity contribution in [3.63, 3.8) is 0 Å². The van der Waals surface area contributed by atoms with E-state index in [0.29, 0.717) is 35.9 Å². The molecule has 0 aliphatic heterocycles. The summed E-state index contributed by atoms with van der Waals surface area (Å²) < 4.78 is 17.5. The Morgan fingerprint density at radius 1 is 0.714 bits per heavy atom. The summed E-state index contributed by atoms with van der Waals surface area (Å²) in [6.07, 6.45) is 1.90. The Kier molecular flexibility index (Phi) is 10.1. The van der Waals surface area contributed by atoms with Crippen LogP contribution in [-0.2, 0) is 17.6 Å². The number of aliphatic hydroxyl groups is 1. The lowest BCUT2D eigenvalue weighted by Crippen LogP contribution is -2.44. The van der Waals surface area contributed by atoms with E-state index >= 15 is 0 Å². The van der Waals surface area contributed by atoms with Crippen molar-refractivity contribution in [2.75, 3.05) is 14.2 Å². The molecule has 0 fully saturated rings. The van der Waals surface area contributed by atoms with E-state index in [1.165, 1.54) is 0 Å². The summed E-state index contributed by atoms with van der Waals surface area (Å²) >= 11 is 0. The van der Waals surface area contributed by atoms with E-state index < -0.39 is 17.2 Å². The summed E-state index contributed by atoms with van der Waals surface area (Å²) in [4.78, 5) is 3.24. The number of hydrogen-bond donors (Lipinski definition) is 2. The van der Waals surface area contributed by atoms with E-state index in [4.69, 9.17) is 19.3 Å². The molecule has 2 aromatic heterocycles. The van der Waals surface area contributed by atoms with E-state index in [0.717, 1.165) is 22.3 Å². The second kappa shape index (κ2) is 15.0. The zero-order chi connectivity index (χ0) is 34.1. The van der Waals surface area contributed by atoms with Crippen LogP contribution in [0.15, 0.2) is 150 Å². The van der Waals surface area contributed by atoms with Gasteiger partial charge in [-0.3, -0.25) is 0 Å². The summed E-state index contributed by atoms with van der Waals surface area (Å²) in [5, 5.41) is 29.7. The van der Waals surface area contributed by atoms with Crippen LogP contribution in [0.2, 0.25) is 0 Å². The average molecular weight is 654 g/mol. The molecule has 2 unspecified atom stereocenters. The Morgan fingerprint density at radius 2 is 1.33 bits per heavy atom. The number of nitrogens with zero attached hydrogens (tertiary/aromatic N) is 4. The van der Waals surface area contributed by atoms with Gasteiger partial charge in [0.1, 0.15) is 0 Å². The maximum absolute atomic E-state index is 11.2. The number of rotatable bonds is 14. The molecule has 9 heteroatoms. The van der Waals surface area contributed by atoms with Crippen LogP contribution in [0.5, 0.6) is 17.4 Å². The number of aryl methyl sites for hydroxylation is 1. The number of nitrogens with one attached hydrogen (secondary N) is 1. The molecular weight excluding hydrogens is 614 g/mol. The fraction of sp³-hybridized carbons (Fsp3) is 0.200. The topological polar surface area (TPSA) is 114 Å². The van der Waals surface area contributed by atoms with Gasteiger partial charge >= 0.3 is 0 Å². The van der Waals surface area contributed by atoms with Gasteiger partial charge in [0.15, 0.2) is 28.5 Å². The lowest BCUT2D eigenvalue weighted by atomic mass is 9.78. The SMILES string of the molecule is COc1ccc(CCC(Oc2ccc(N=NC(c3ccccc3)(c3ccccc3)c3ccccc3)nn2)(c2ccc[nH]2)C(C)O)cc1OC. The Morgan fingerprint density at radius 3 is 1.82 bits per heavy atom. The molecule has 2 N–H and O–H groups in total. The van der Waals surface area contributed by atoms with Crippen LogP contribution in [-0.4, -0.2) is 40.6 Å². The van der Waals surface area contributed by atoms with Crippen molar-refractivity contribution in [1.29, 1.82) is 0 Å². The first kappa shape index (κ1) is 33.1. The molecule has 248 valence electrons. The normalized spacial score (nSPS) is 13.5. The van der Waals surface area contributed by atoms with Gasteiger partial charge in [0.05, 0.1) is 26.0 Å². The van der Waals surface area contributed by atoms with E-state index in [2.05, 4.69) is 56.7 Å². The number of aromatic amines is 1. The second-order valence-electron chi connectivity index (χ2n) is 11.7. The number of H-pyrrole nitrogens is 1. The number of methoxy groups -OCH3 is 2. The molecule has 0 radical (unpaired) electrons. The lowest BCUT2D eigenvalue weighted by Gasteiger charge is -2.36. The third kappa shape index (κ3) is 6.93. The third-order valence-corrected chi connectivity index (χ3v) is 8.75. The summed E-state index contributed by atoms with van der Waals surface area (Å²) in [6, 6.07) is 43.3. The summed E-state index contributed by atoms with van der Waals surface area (Å²) in [6.45, 7) is 1.71. The van der Waals surface area contributed by atoms with Crippen molar-refractivity contribution in [2.24, 2.45) is 10.2 Å². The van der Waals surface area contributed by atoms with Crippen molar-refractivity contribution in [3.8, 4) is 17.4 Å². The van der Waals surface area contributed by atoms with Gasteiger partial charge in [0, 0.05) is 12.3 Å². The highest BCUT2D eigenvalue weighted by Crippen LogP contribution is 2.42. The molecular formula is C40H39N5O4. The molecule has 0 bridgehead atoms. The van der Waals surface area contributed by atoms with Gasteiger partial charge in [-0.15, -0.1) is 15.3 Å². The van der Waals surface area contributed by atoms with Gasteiger partial charge in [0.25, 0.3) is 0 Å². The molecule has 0 saturated carbocycles.